The predicted octanol–water partition coefficient (Wildman–Crippen LogP) is 1.64. The molecule has 0 spiro atoms. The van der Waals surface area contributed by atoms with Crippen molar-refractivity contribution in [3.05, 3.63) is 46.1 Å². The van der Waals surface area contributed by atoms with E-state index >= 15 is 0 Å². The van der Waals surface area contributed by atoms with E-state index in [1.54, 1.807) is 4.57 Å². The maximum Gasteiger partial charge on any atom is 0.573 e. The number of aryl methyl sites for hydroxylation is 1. The molecule has 0 radical (unpaired) electrons. The topological polar surface area (TPSA) is 81.4 Å². The summed E-state index contributed by atoms with van der Waals surface area (Å²) in [5, 5.41) is 7.30. The predicted molar refractivity (Wildman–Crippen MR) is 102 cm³/mol. The standard InChI is InChI=1S/C19H24F3N5O3/c1-25(2)11-12-27-18(29)26-10-9-14(5-8-16(26)24-27)23-17(28)13-3-6-15(7-4-13)30-19(20,21)22/h3-4,6-7,14H,5,8-12H2,1-2H3,(H,23,28). The second kappa shape index (κ2) is 8.90. The van der Waals surface area contributed by atoms with Crippen molar-refractivity contribution in [3.8, 4) is 5.75 Å². The first-order valence-corrected chi connectivity index (χ1v) is 9.60. The second-order valence-corrected chi connectivity index (χ2v) is 7.45. The van der Waals surface area contributed by atoms with Gasteiger partial charge in [-0.25, -0.2) is 9.48 Å². The molecule has 11 heteroatoms. The SMILES string of the molecule is CN(C)CCn1nc2n(c1=O)CCC(NC(=O)c1ccc(OC(F)(F)F)cc1)CC2. The van der Waals surface area contributed by atoms with Gasteiger partial charge in [0.05, 0.1) is 6.54 Å². The number of hydrogen-bond donors (Lipinski definition) is 1. The average Bonchev–Trinajstić information content (AvgIpc) is 2.82. The van der Waals surface area contributed by atoms with Gasteiger partial charge in [0, 0.05) is 31.1 Å². The molecule has 164 valence electrons. The summed E-state index contributed by atoms with van der Waals surface area (Å²) in [6.07, 6.45) is -3.05. The van der Waals surface area contributed by atoms with Gasteiger partial charge in [-0.1, -0.05) is 0 Å². The molecule has 1 aromatic heterocycles. The van der Waals surface area contributed by atoms with Crippen LogP contribution in [0.3, 0.4) is 0 Å². The van der Waals surface area contributed by atoms with Crippen molar-refractivity contribution in [2.45, 2.75) is 44.8 Å². The Morgan fingerprint density at radius 2 is 1.97 bits per heavy atom. The highest BCUT2D eigenvalue weighted by atomic mass is 19.4. The van der Waals surface area contributed by atoms with E-state index in [1.807, 2.05) is 19.0 Å². The first-order chi connectivity index (χ1) is 14.1. The van der Waals surface area contributed by atoms with E-state index in [-0.39, 0.29) is 29.0 Å². The number of halogens is 3. The molecule has 1 N–H and O–H groups in total. The summed E-state index contributed by atoms with van der Waals surface area (Å²) in [5.41, 5.74) is 0.0802. The van der Waals surface area contributed by atoms with Crippen LogP contribution in [-0.2, 0) is 19.5 Å². The Balaban J connectivity index is 1.58. The van der Waals surface area contributed by atoms with Crippen LogP contribution in [0.5, 0.6) is 5.75 Å². The van der Waals surface area contributed by atoms with Gasteiger partial charge >= 0.3 is 12.1 Å². The maximum absolute atomic E-state index is 12.5. The Labute approximate surface area is 171 Å². The van der Waals surface area contributed by atoms with Gasteiger partial charge in [-0.05, 0) is 51.2 Å². The molecule has 0 aliphatic carbocycles. The molecule has 0 fully saturated rings. The molecule has 1 aliphatic rings. The minimum absolute atomic E-state index is 0.154. The fourth-order valence-electron chi connectivity index (χ4n) is 3.29. The zero-order valence-corrected chi connectivity index (χ0v) is 16.8. The fourth-order valence-corrected chi connectivity index (χ4v) is 3.29. The molecule has 1 unspecified atom stereocenters. The van der Waals surface area contributed by atoms with Gasteiger partial charge in [-0.3, -0.25) is 9.36 Å². The van der Waals surface area contributed by atoms with Crippen LogP contribution in [0.15, 0.2) is 29.1 Å². The summed E-state index contributed by atoms with van der Waals surface area (Å²) < 4.78 is 43.6. The van der Waals surface area contributed by atoms with E-state index in [2.05, 4.69) is 15.2 Å². The maximum atomic E-state index is 12.5. The van der Waals surface area contributed by atoms with E-state index in [4.69, 9.17) is 0 Å². The number of carbonyl (C=O) groups is 1. The van der Waals surface area contributed by atoms with Crippen molar-refractivity contribution >= 4 is 5.91 Å². The highest BCUT2D eigenvalue weighted by Gasteiger charge is 2.31. The van der Waals surface area contributed by atoms with Crippen LogP contribution in [0.2, 0.25) is 0 Å². The molecule has 3 rings (SSSR count). The van der Waals surface area contributed by atoms with E-state index in [9.17, 15) is 22.8 Å². The molecule has 1 atom stereocenters. The molecule has 0 saturated carbocycles. The zero-order chi connectivity index (χ0) is 21.9. The summed E-state index contributed by atoms with van der Waals surface area (Å²) in [5.74, 6) is -0.0739. The quantitative estimate of drug-likeness (QED) is 0.758. The number of alkyl halides is 3. The molecule has 2 aromatic rings. The van der Waals surface area contributed by atoms with Crippen LogP contribution in [0.25, 0.3) is 0 Å². The number of nitrogens with zero attached hydrogens (tertiary/aromatic N) is 4. The molecular formula is C19H24F3N5O3. The number of rotatable bonds is 6. The van der Waals surface area contributed by atoms with Crippen LogP contribution in [-0.4, -0.2) is 58.2 Å². The molecule has 30 heavy (non-hydrogen) atoms. The lowest BCUT2D eigenvalue weighted by atomic mass is 10.1. The molecular weight excluding hydrogens is 403 g/mol. The van der Waals surface area contributed by atoms with Crippen LogP contribution in [0.4, 0.5) is 13.2 Å². The van der Waals surface area contributed by atoms with Crippen LogP contribution in [0, 0.1) is 0 Å². The largest absolute Gasteiger partial charge is 0.573 e. The van der Waals surface area contributed by atoms with E-state index in [0.29, 0.717) is 44.7 Å². The van der Waals surface area contributed by atoms with Gasteiger partial charge in [0.1, 0.15) is 11.6 Å². The van der Waals surface area contributed by atoms with Crippen molar-refractivity contribution in [3.63, 3.8) is 0 Å². The summed E-state index contributed by atoms with van der Waals surface area (Å²) >= 11 is 0. The Hall–Kier alpha value is -2.82. The number of fused-ring (bicyclic) bond motifs is 1. The first kappa shape index (κ1) is 21.9. The number of ether oxygens (including phenoxy) is 1. The van der Waals surface area contributed by atoms with Crippen LogP contribution >= 0.6 is 0 Å². The van der Waals surface area contributed by atoms with Crippen molar-refractivity contribution < 1.29 is 22.7 Å². The van der Waals surface area contributed by atoms with Crippen molar-refractivity contribution in [1.82, 2.24) is 24.6 Å². The van der Waals surface area contributed by atoms with Gasteiger partial charge in [0.15, 0.2) is 0 Å². The van der Waals surface area contributed by atoms with Crippen molar-refractivity contribution in [2.75, 3.05) is 20.6 Å². The van der Waals surface area contributed by atoms with Crippen LogP contribution in [0.1, 0.15) is 29.0 Å². The van der Waals surface area contributed by atoms with Gasteiger partial charge in [0.25, 0.3) is 5.91 Å². The minimum Gasteiger partial charge on any atom is -0.406 e. The summed E-state index contributed by atoms with van der Waals surface area (Å²) in [7, 11) is 3.85. The molecule has 1 aromatic carbocycles. The van der Waals surface area contributed by atoms with Crippen molar-refractivity contribution in [2.24, 2.45) is 0 Å². The third-order valence-electron chi connectivity index (χ3n) is 4.86. The Bertz CT molecular complexity index is 934. The van der Waals surface area contributed by atoms with Gasteiger partial charge < -0.3 is 15.0 Å². The normalized spacial score (nSPS) is 16.8. The number of aromatic nitrogens is 3. The molecule has 1 aliphatic heterocycles. The highest BCUT2D eigenvalue weighted by molar-refractivity contribution is 5.94. The molecule has 0 bridgehead atoms. The van der Waals surface area contributed by atoms with Crippen LogP contribution < -0.4 is 15.7 Å². The zero-order valence-electron chi connectivity index (χ0n) is 16.8. The molecule has 1 amide bonds. The molecule has 8 nitrogen and oxygen atoms in total. The van der Waals surface area contributed by atoms with E-state index in [1.165, 1.54) is 16.8 Å². The summed E-state index contributed by atoms with van der Waals surface area (Å²) in [6, 6.07) is 4.59. The van der Waals surface area contributed by atoms with Gasteiger partial charge in [0.2, 0.25) is 0 Å². The number of carbonyl (C=O) groups excluding carboxylic acids is 1. The lowest BCUT2D eigenvalue weighted by molar-refractivity contribution is -0.274. The van der Waals surface area contributed by atoms with Crippen molar-refractivity contribution in [1.29, 1.82) is 0 Å². The number of amides is 1. The number of benzene rings is 1. The number of nitrogens with one attached hydrogen (secondary N) is 1. The summed E-state index contributed by atoms with van der Waals surface area (Å²) in [4.78, 5) is 26.9. The third kappa shape index (κ3) is 5.62. The molecule has 2 heterocycles. The Morgan fingerprint density at radius 1 is 1.27 bits per heavy atom. The first-order valence-electron chi connectivity index (χ1n) is 9.60. The highest BCUT2D eigenvalue weighted by Crippen LogP contribution is 2.23. The Kier molecular flexibility index (Phi) is 6.49. The van der Waals surface area contributed by atoms with Gasteiger partial charge in [-0.15, -0.1) is 13.2 Å². The molecule has 0 saturated heterocycles. The third-order valence-corrected chi connectivity index (χ3v) is 4.86. The smallest absolute Gasteiger partial charge is 0.406 e. The lowest BCUT2D eigenvalue weighted by Gasteiger charge is -2.16. The fraction of sp³-hybridized carbons (Fsp3) is 0.526. The number of hydrogen-bond acceptors (Lipinski definition) is 5. The Morgan fingerprint density at radius 3 is 2.60 bits per heavy atom. The monoisotopic (exact) mass is 427 g/mol. The summed E-state index contributed by atoms with van der Waals surface area (Å²) in [6.45, 7) is 1.67. The lowest BCUT2D eigenvalue weighted by Crippen LogP contribution is -2.36. The average molecular weight is 427 g/mol. The van der Waals surface area contributed by atoms with E-state index < -0.39 is 6.36 Å². The van der Waals surface area contributed by atoms with E-state index in [0.717, 1.165) is 12.1 Å². The number of likely N-dealkylation sites (N-methyl/N-ethyl adjacent to an activating group) is 1. The van der Waals surface area contributed by atoms with Gasteiger partial charge in [-0.2, -0.15) is 5.10 Å². The minimum atomic E-state index is -4.78. The second-order valence-electron chi connectivity index (χ2n) is 7.45.